The van der Waals surface area contributed by atoms with Crippen LogP contribution in [0.15, 0.2) is 60.7 Å². The summed E-state index contributed by atoms with van der Waals surface area (Å²) >= 11 is 18.0. The average molecular weight is 1120 g/mol. The number of carbonyl (C=O) groups is 7. The summed E-state index contributed by atoms with van der Waals surface area (Å²) in [6.07, 6.45) is -14.8. The molecule has 21 nitrogen and oxygen atoms in total. The number of hydrogen-bond acceptors (Lipinski definition) is 21. The van der Waals surface area contributed by atoms with Crippen LogP contribution in [-0.2, 0) is 85.6 Å². The third kappa shape index (κ3) is 16.0. The van der Waals surface area contributed by atoms with E-state index in [0.29, 0.717) is 0 Å². The predicted octanol–water partition coefficient (Wildman–Crippen LogP) is 6.48. The molecule has 0 amide bonds. The van der Waals surface area contributed by atoms with Gasteiger partial charge in [0.05, 0.1) is 30.4 Å². The highest BCUT2D eigenvalue weighted by Crippen LogP contribution is 2.46. The fourth-order valence-electron chi connectivity index (χ4n) is 9.06. The zero-order valence-electron chi connectivity index (χ0n) is 43.1. The van der Waals surface area contributed by atoms with Gasteiger partial charge in [0, 0.05) is 46.0 Å². The molecule has 414 valence electrons. The minimum Gasteiger partial charge on any atom is -0.465 e. The van der Waals surface area contributed by atoms with Gasteiger partial charge in [-0.15, -0.1) is 0 Å². The second-order valence-electron chi connectivity index (χ2n) is 18.7. The van der Waals surface area contributed by atoms with Gasteiger partial charge in [0.1, 0.15) is 44.2 Å². The van der Waals surface area contributed by atoms with E-state index in [1.807, 2.05) is 6.92 Å². The van der Waals surface area contributed by atoms with Crippen molar-refractivity contribution >= 4 is 82.5 Å². The monoisotopic (exact) mass is 1120 g/mol. The van der Waals surface area contributed by atoms with Crippen molar-refractivity contribution < 1.29 is 95.1 Å². The van der Waals surface area contributed by atoms with Gasteiger partial charge in [-0.1, -0.05) is 106 Å². The molecule has 0 spiro atoms. The van der Waals surface area contributed by atoms with Gasteiger partial charge in [-0.2, -0.15) is 0 Å². The SMILES string of the molecule is COC(=O)[C@@]1(O[C@@H]2C(OC(C)=O)[C@H](O[C@H]3C(C)C(C)[C@@H](OC(=N)C(Cl)(Cl)Cl)O[C@H]3COC(=O)c3ccccc3)OC(COC(=O)c3ccccc3)[C@@H]2OC(C)=O)CC(C)[C@@H](C)[C@H]([C@H](C)[C@@H](COC(C)=O)OC(C)=O)O1. The molecule has 3 fully saturated rings. The van der Waals surface area contributed by atoms with Crippen molar-refractivity contribution in [1.29, 1.82) is 5.41 Å². The summed E-state index contributed by atoms with van der Waals surface area (Å²) in [5.41, 5.74) is 0.346. The van der Waals surface area contributed by atoms with Crippen molar-refractivity contribution in [3.05, 3.63) is 71.8 Å². The Balaban J connectivity index is 1.65. The second kappa shape index (κ2) is 26.8. The molecule has 24 heteroatoms. The van der Waals surface area contributed by atoms with Crippen LogP contribution in [0.25, 0.3) is 0 Å². The quantitative estimate of drug-likeness (QED) is 0.0518. The Hall–Kier alpha value is -5.13. The molecule has 0 bridgehead atoms. The average Bonchev–Trinajstić information content (AvgIpc) is 3.35. The molecule has 5 unspecified atom stereocenters. The third-order valence-corrected chi connectivity index (χ3v) is 13.8. The van der Waals surface area contributed by atoms with Gasteiger partial charge in [0.15, 0.2) is 18.5 Å². The van der Waals surface area contributed by atoms with Gasteiger partial charge in [-0.25, -0.2) is 14.4 Å². The summed E-state index contributed by atoms with van der Waals surface area (Å²) in [5.74, 6) is -12.2. The second-order valence-corrected chi connectivity index (χ2v) is 21.0. The highest BCUT2D eigenvalue weighted by Gasteiger charge is 2.61. The zero-order valence-corrected chi connectivity index (χ0v) is 45.3. The zero-order chi connectivity index (χ0) is 55.5. The summed E-state index contributed by atoms with van der Waals surface area (Å²) in [7, 11) is 1.08. The van der Waals surface area contributed by atoms with Gasteiger partial charge in [-0.05, 0) is 42.0 Å². The van der Waals surface area contributed by atoms with Crippen LogP contribution in [0.5, 0.6) is 0 Å². The molecule has 3 saturated heterocycles. The topological polar surface area (TPSA) is 263 Å². The fraction of sp³-hybridized carbons (Fsp3) is 0.608. The summed E-state index contributed by atoms with van der Waals surface area (Å²) in [6, 6.07) is 16.0. The van der Waals surface area contributed by atoms with Gasteiger partial charge < -0.3 is 61.6 Å². The van der Waals surface area contributed by atoms with E-state index in [2.05, 4.69) is 0 Å². The molecular weight excluding hydrogens is 1050 g/mol. The number of methoxy groups -OCH3 is 1. The molecule has 0 radical (unpaired) electrons. The standard InChI is InChI=1S/C51H64Cl3NO20/c1-25-21-50(49(62)63-10,74-39(26(25)2)29(5)36(67-31(7)57)22-64-30(6)56)75-42-41(68-32(8)58)38(24-66-45(61)35-19-15-12-16-20-35)71-47(43(42)69-33(9)59)72-40-27(3)28(4)46(73-48(55)51(52,53)54)70-37(40)23-65-44(60)34-17-13-11-14-18-34/h11-20,25-29,36-43,46-47,55H,21-24H2,1-10H3/t25?,26-,27?,28?,29-,36-,37+,38?,39-,40+,41+,42+,43?,46-,47+,50+/m1/s1. The number of carbonyl (C=O) groups excluding carboxylic acids is 7. The first-order valence-electron chi connectivity index (χ1n) is 24.1. The van der Waals surface area contributed by atoms with Crippen molar-refractivity contribution in [2.45, 2.75) is 140 Å². The number of rotatable bonds is 19. The van der Waals surface area contributed by atoms with Crippen LogP contribution in [0.1, 0.15) is 89.5 Å². The summed E-state index contributed by atoms with van der Waals surface area (Å²) in [6.45, 7) is 11.6. The smallest absolute Gasteiger partial charge is 0.366 e. The Bertz CT molecular complexity index is 2320. The van der Waals surface area contributed by atoms with E-state index < -0.39 is 161 Å². The van der Waals surface area contributed by atoms with E-state index >= 15 is 0 Å². The summed E-state index contributed by atoms with van der Waals surface area (Å²) in [5, 5.41) is 8.32. The van der Waals surface area contributed by atoms with Crippen LogP contribution in [0, 0.1) is 35.0 Å². The van der Waals surface area contributed by atoms with E-state index in [0.717, 1.165) is 21.0 Å². The van der Waals surface area contributed by atoms with Crippen molar-refractivity contribution in [2.75, 3.05) is 26.9 Å². The van der Waals surface area contributed by atoms with E-state index in [9.17, 15) is 33.6 Å². The van der Waals surface area contributed by atoms with Gasteiger partial charge >= 0.3 is 41.8 Å². The Morgan fingerprint density at radius 2 is 1.19 bits per heavy atom. The minimum atomic E-state index is -2.45. The lowest BCUT2D eigenvalue weighted by molar-refractivity contribution is -0.380. The molecule has 16 atom stereocenters. The van der Waals surface area contributed by atoms with E-state index in [1.54, 1.807) is 64.1 Å². The number of benzene rings is 2. The molecule has 75 heavy (non-hydrogen) atoms. The van der Waals surface area contributed by atoms with Crippen LogP contribution in [-0.4, -0.2) is 146 Å². The maximum atomic E-state index is 14.5. The number of nitrogens with one attached hydrogen (secondary N) is 1. The molecule has 0 aliphatic carbocycles. The molecule has 1 N–H and O–H groups in total. The van der Waals surface area contributed by atoms with E-state index in [-0.39, 0.29) is 24.2 Å². The molecule has 5 rings (SSSR count). The molecule has 0 saturated carbocycles. The lowest BCUT2D eigenvalue weighted by Gasteiger charge is -2.52. The predicted molar refractivity (Wildman–Crippen MR) is 263 cm³/mol. The fourth-order valence-corrected chi connectivity index (χ4v) is 9.19. The number of hydrogen-bond donors (Lipinski definition) is 1. The lowest BCUT2D eigenvalue weighted by atomic mass is 9.76. The van der Waals surface area contributed by atoms with Crippen molar-refractivity contribution in [3.8, 4) is 0 Å². The normalized spacial score (nSPS) is 30.5. The third-order valence-electron chi connectivity index (χ3n) is 13.2. The van der Waals surface area contributed by atoms with Crippen LogP contribution in [0.2, 0.25) is 0 Å². The van der Waals surface area contributed by atoms with Crippen molar-refractivity contribution in [3.63, 3.8) is 0 Å². The number of esters is 7. The van der Waals surface area contributed by atoms with Crippen LogP contribution < -0.4 is 0 Å². The first-order valence-corrected chi connectivity index (χ1v) is 25.2. The Morgan fingerprint density at radius 3 is 1.68 bits per heavy atom. The molecular formula is C51H64Cl3NO20. The number of halogens is 3. The van der Waals surface area contributed by atoms with Crippen LogP contribution >= 0.6 is 34.8 Å². The number of ether oxygens (including phenoxy) is 13. The minimum absolute atomic E-state index is 0.148. The Kier molecular flexibility index (Phi) is 21.7. The van der Waals surface area contributed by atoms with Crippen LogP contribution in [0.3, 0.4) is 0 Å². The summed E-state index contributed by atoms with van der Waals surface area (Å²) < 4.78 is 76.4. The molecule has 3 heterocycles. The molecule has 3 aliphatic heterocycles. The lowest BCUT2D eigenvalue weighted by Crippen LogP contribution is -2.68. The molecule has 2 aromatic carbocycles. The number of alkyl halides is 3. The van der Waals surface area contributed by atoms with Gasteiger partial charge in [0.25, 0.3) is 9.58 Å². The summed E-state index contributed by atoms with van der Waals surface area (Å²) in [4.78, 5) is 92.3. The maximum absolute atomic E-state index is 14.5. The Morgan fingerprint density at radius 1 is 0.667 bits per heavy atom. The largest absolute Gasteiger partial charge is 0.465 e. The first-order chi connectivity index (χ1) is 35.3. The van der Waals surface area contributed by atoms with E-state index in [1.165, 1.54) is 38.1 Å². The first kappa shape index (κ1) is 60.7. The highest BCUT2D eigenvalue weighted by molar-refractivity contribution is 6.76. The van der Waals surface area contributed by atoms with E-state index in [4.69, 9.17) is 102 Å². The molecule has 3 aliphatic rings. The molecule has 0 aromatic heterocycles. The highest BCUT2D eigenvalue weighted by atomic mass is 35.6. The Labute approximate surface area is 449 Å². The van der Waals surface area contributed by atoms with Crippen LogP contribution in [0.4, 0.5) is 0 Å². The maximum Gasteiger partial charge on any atom is 0.366 e. The molecule has 2 aromatic rings. The van der Waals surface area contributed by atoms with Gasteiger partial charge in [0.2, 0.25) is 12.2 Å². The van der Waals surface area contributed by atoms with Crippen molar-refractivity contribution in [2.24, 2.45) is 29.6 Å². The van der Waals surface area contributed by atoms with Crippen molar-refractivity contribution in [1.82, 2.24) is 0 Å². The van der Waals surface area contributed by atoms with Gasteiger partial charge in [-0.3, -0.25) is 24.6 Å².